The molecule has 1 aromatic carbocycles. The second-order valence-electron chi connectivity index (χ2n) is 5.24. The van der Waals surface area contributed by atoms with Gasteiger partial charge < -0.3 is 5.32 Å². The van der Waals surface area contributed by atoms with Crippen LogP contribution in [0.3, 0.4) is 0 Å². The zero-order valence-corrected chi connectivity index (χ0v) is 11.6. The van der Waals surface area contributed by atoms with Crippen LogP contribution in [-0.4, -0.2) is 21.3 Å². The van der Waals surface area contributed by atoms with E-state index in [1.807, 2.05) is 18.3 Å². The Morgan fingerprint density at radius 1 is 1.10 bits per heavy atom. The summed E-state index contributed by atoms with van der Waals surface area (Å²) in [6, 6.07) is 16.9. The van der Waals surface area contributed by atoms with Crippen molar-refractivity contribution in [1.82, 2.24) is 14.8 Å². The zero-order valence-electron chi connectivity index (χ0n) is 11.6. The topological polar surface area (TPSA) is 42.7 Å². The largest absolute Gasteiger partial charge is 0.370 e. The third-order valence-electron chi connectivity index (χ3n) is 3.90. The van der Waals surface area contributed by atoms with Crippen molar-refractivity contribution < 1.29 is 0 Å². The summed E-state index contributed by atoms with van der Waals surface area (Å²) in [7, 11) is 0. The summed E-state index contributed by atoms with van der Waals surface area (Å²) in [6.07, 6.45) is 4.68. The number of anilines is 1. The Hall–Kier alpha value is -2.62. The lowest BCUT2D eigenvalue weighted by molar-refractivity contribution is 0.483. The summed E-state index contributed by atoms with van der Waals surface area (Å²) in [5.41, 5.74) is 3.32. The number of hydrogen-bond acceptors (Lipinski definition) is 3. The lowest BCUT2D eigenvalue weighted by Gasteiger charge is -2.25. The Morgan fingerprint density at radius 3 is 2.81 bits per heavy atom. The van der Waals surface area contributed by atoms with E-state index in [1.54, 1.807) is 6.20 Å². The van der Waals surface area contributed by atoms with Gasteiger partial charge in [-0.05, 0) is 24.1 Å². The van der Waals surface area contributed by atoms with Crippen LogP contribution in [0.15, 0.2) is 60.9 Å². The average Bonchev–Trinajstić information content (AvgIpc) is 3.00. The minimum atomic E-state index is 0.299. The summed E-state index contributed by atoms with van der Waals surface area (Å²) < 4.78 is 2.10. The van der Waals surface area contributed by atoms with Crippen LogP contribution in [0.1, 0.15) is 18.0 Å². The van der Waals surface area contributed by atoms with Crippen molar-refractivity contribution in [2.45, 2.75) is 12.5 Å². The summed E-state index contributed by atoms with van der Waals surface area (Å²) in [6.45, 7) is 0.970. The van der Waals surface area contributed by atoms with E-state index >= 15 is 0 Å². The smallest absolute Gasteiger partial charge is 0.125 e. The maximum atomic E-state index is 4.79. The van der Waals surface area contributed by atoms with Crippen LogP contribution < -0.4 is 5.32 Å². The normalized spacial score (nSPS) is 17.0. The van der Waals surface area contributed by atoms with Crippen molar-refractivity contribution in [2.24, 2.45) is 0 Å². The third kappa shape index (κ3) is 2.18. The first-order valence-corrected chi connectivity index (χ1v) is 7.20. The van der Waals surface area contributed by atoms with Crippen LogP contribution in [0.4, 0.5) is 5.82 Å². The van der Waals surface area contributed by atoms with Crippen molar-refractivity contribution in [3.63, 3.8) is 0 Å². The Morgan fingerprint density at radius 2 is 2.00 bits per heavy atom. The molecule has 4 heteroatoms. The number of pyridine rings is 1. The van der Waals surface area contributed by atoms with Crippen LogP contribution >= 0.6 is 0 Å². The molecule has 1 N–H and O–H groups in total. The first-order valence-electron chi connectivity index (χ1n) is 7.20. The van der Waals surface area contributed by atoms with E-state index in [4.69, 9.17) is 5.10 Å². The quantitative estimate of drug-likeness (QED) is 0.780. The van der Waals surface area contributed by atoms with Gasteiger partial charge in [0.05, 0.1) is 11.7 Å². The van der Waals surface area contributed by atoms with E-state index in [9.17, 15) is 0 Å². The fourth-order valence-corrected chi connectivity index (χ4v) is 2.86. The van der Waals surface area contributed by atoms with Gasteiger partial charge in [-0.25, -0.2) is 4.68 Å². The van der Waals surface area contributed by atoms with E-state index in [0.29, 0.717) is 6.04 Å². The minimum absolute atomic E-state index is 0.299. The van der Waals surface area contributed by atoms with Gasteiger partial charge in [-0.15, -0.1) is 0 Å². The van der Waals surface area contributed by atoms with E-state index < -0.39 is 0 Å². The van der Waals surface area contributed by atoms with E-state index in [2.05, 4.69) is 51.4 Å². The Kier molecular flexibility index (Phi) is 2.92. The predicted octanol–water partition coefficient (Wildman–Crippen LogP) is 3.35. The molecule has 0 bridgehead atoms. The van der Waals surface area contributed by atoms with Crippen molar-refractivity contribution in [2.75, 3.05) is 11.9 Å². The number of rotatable bonds is 2. The number of benzene rings is 1. The maximum Gasteiger partial charge on any atom is 0.125 e. The molecule has 0 saturated heterocycles. The number of nitrogens with zero attached hydrogens (tertiary/aromatic N) is 3. The zero-order chi connectivity index (χ0) is 14.1. The molecule has 1 unspecified atom stereocenters. The minimum Gasteiger partial charge on any atom is -0.370 e. The average molecular weight is 276 g/mol. The molecule has 2 aromatic heterocycles. The second kappa shape index (κ2) is 5.05. The van der Waals surface area contributed by atoms with Crippen molar-refractivity contribution >= 4 is 5.82 Å². The van der Waals surface area contributed by atoms with Crippen molar-refractivity contribution in [1.29, 1.82) is 0 Å². The molecule has 21 heavy (non-hydrogen) atoms. The van der Waals surface area contributed by atoms with Gasteiger partial charge in [0.25, 0.3) is 0 Å². The number of hydrogen-bond donors (Lipinski definition) is 1. The summed E-state index contributed by atoms with van der Waals surface area (Å²) in [5.74, 6) is 1.08. The van der Waals surface area contributed by atoms with Crippen molar-refractivity contribution in [3.8, 4) is 11.3 Å². The molecule has 1 aliphatic heterocycles. The molecular weight excluding hydrogens is 260 g/mol. The van der Waals surface area contributed by atoms with E-state index in [-0.39, 0.29) is 0 Å². The molecule has 4 nitrogen and oxygen atoms in total. The highest BCUT2D eigenvalue weighted by Gasteiger charge is 2.23. The number of aromatic nitrogens is 3. The Bertz CT molecular complexity index is 734. The molecule has 3 heterocycles. The van der Waals surface area contributed by atoms with Gasteiger partial charge in [0.15, 0.2) is 0 Å². The first kappa shape index (κ1) is 12.1. The van der Waals surface area contributed by atoms with Crippen LogP contribution in [-0.2, 0) is 0 Å². The predicted molar refractivity (Wildman–Crippen MR) is 83.1 cm³/mol. The molecule has 0 spiro atoms. The number of nitrogens with one attached hydrogen (secondary N) is 1. The van der Waals surface area contributed by atoms with E-state index in [1.165, 1.54) is 5.56 Å². The molecule has 0 radical (unpaired) electrons. The Labute approximate surface area is 123 Å². The third-order valence-corrected chi connectivity index (χ3v) is 3.90. The molecule has 3 aromatic rings. The molecule has 4 rings (SSSR count). The monoisotopic (exact) mass is 276 g/mol. The lowest BCUT2D eigenvalue weighted by atomic mass is 10.0. The van der Waals surface area contributed by atoms with Crippen LogP contribution in [0.5, 0.6) is 0 Å². The van der Waals surface area contributed by atoms with Gasteiger partial charge in [0.1, 0.15) is 5.82 Å². The fraction of sp³-hybridized carbons (Fsp3) is 0.176. The molecule has 0 aliphatic carbocycles. The Balaban J connectivity index is 1.77. The highest BCUT2D eigenvalue weighted by atomic mass is 15.4. The lowest BCUT2D eigenvalue weighted by Crippen LogP contribution is -2.24. The second-order valence-corrected chi connectivity index (χ2v) is 5.24. The fourth-order valence-electron chi connectivity index (χ4n) is 2.86. The van der Waals surface area contributed by atoms with Crippen LogP contribution in [0.25, 0.3) is 11.3 Å². The molecule has 1 atom stereocenters. The molecule has 1 aliphatic rings. The molecule has 0 amide bonds. The van der Waals surface area contributed by atoms with Gasteiger partial charge in [-0.3, -0.25) is 4.98 Å². The molecule has 0 fully saturated rings. The molecular formula is C17H16N4. The van der Waals surface area contributed by atoms with Gasteiger partial charge in [-0.2, -0.15) is 5.10 Å². The van der Waals surface area contributed by atoms with Gasteiger partial charge in [0.2, 0.25) is 0 Å². The van der Waals surface area contributed by atoms with Crippen LogP contribution in [0, 0.1) is 0 Å². The van der Waals surface area contributed by atoms with Crippen LogP contribution in [0.2, 0.25) is 0 Å². The molecule has 0 saturated carbocycles. The summed E-state index contributed by atoms with van der Waals surface area (Å²) in [5, 5.41) is 8.23. The van der Waals surface area contributed by atoms with Gasteiger partial charge in [0, 0.05) is 30.6 Å². The highest BCUT2D eigenvalue weighted by Crippen LogP contribution is 2.32. The standard InChI is InChI=1S/C17H16N4/c1-2-5-13(6-3-1)16-8-10-19-17-11-15(20-21(16)17)14-7-4-9-18-12-14/h1-7,9,11-12,16,19H,8,10H2. The summed E-state index contributed by atoms with van der Waals surface area (Å²) in [4.78, 5) is 4.17. The van der Waals surface area contributed by atoms with Gasteiger partial charge >= 0.3 is 0 Å². The van der Waals surface area contributed by atoms with Gasteiger partial charge in [-0.1, -0.05) is 30.3 Å². The first-order chi connectivity index (χ1) is 10.4. The maximum absolute atomic E-state index is 4.79. The highest BCUT2D eigenvalue weighted by molar-refractivity contribution is 5.62. The van der Waals surface area contributed by atoms with Crippen molar-refractivity contribution in [3.05, 3.63) is 66.5 Å². The number of fused-ring (bicyclic) bond motifs is 1. The summed E-state index contributed by atoms with van der Waals surface area (Å²) >= 11 is 0. The van der Waals surface area contributed by atoms with E-state index in [0.717, 1.165) is 30.0 Å². The SMILES string of the molecule is c1ccc(C2CCNc3cc(-c4cccnc4)nn32)cc1. The molecule has 104 valence electrons.